The molecule has 1 amide bonds. The number of nitrogens with zero attached hydrogens (tertiary/aromatic N) is 2. The summed E-state index contributed by atoms with van der Waals surface area (Å²) in [5, 5.41) is 0. The van der Waals surface area contributed by atoms with E-state index in [1.807, 2.05) is 24.1 Å². The number of likely N-dealkylation sites (tertiary alicyclic amines) is 1. The number of piperidine rings is 1. The maximum absolute atomic E-state index is 11.6. The first kappa shape index (κ1) is 16.1. The van der Waals surface area contributed by atoms with Gasteiger partial charge < -0.3 is 14.4 Å². The fourth-order valence-electron chi connectivity index (χ4n) is 3.56. The van der Waals surface area contributed by atoms with Crippen LogP contribution in [0.3, 0.4) is 0 Å². The molecule has 2 aliphatic heterocycles. The molecular formula is C18H26N2O3. The summed E-state index contributed by atoms with van der Waals surface area (Å²) >= 11 is 0. The quantitative estimate of drug-likeness (QED) is 0.856. The highest BCUT2D eigenvalue weighted by atomic mass is 16.5. The van der Waals surface area contributed by atoms with Crippen LogP contribution in [0.2, 0.25) is 0 Å². The Bertz CT molecular complexity index is 561. The number of ether oxygens (including phenoxy) is 2. The van der Waals surface area contributed by atoms with Gasteiger partial charge >= 0.3 is 0 Å². The predicted octanol–water partition coefficient (Wildman–Crippen LogP) is 2.15. The lowest BCUT2D eigenvalue weighted by Crippen LogP contribution is -2.42. The summed E-state index contributed by atoms with van der Waals surface area (Å²) in [6.45, 7) is 4.53. The van der Waals surface area contributed by atoms with Crippen LogP contribution in [-0.4, -0.2) is 56.1 Å². The molecule has 0 saturated carbocycles. The molecule has 23 heavy (non-hydrogen) atoms. The first-order chi connectivity index (χ1) is 11.2. The zero-order valence-electron chi connectivity index (χ0n) is 14.1. The third-order valence-corrected chi connectivity index (χ3v) is 4.78. The van der Waals surface area contributed by atoms with Gasteiger partial charge in [-0.2, -0.15) is 0 Å². The lowest BCUT2D eigenvalue weighted by atomic mass is 9.97. The number of carbonyl (C=O) groups excluding carboxylic acids is 1. The Morgan fingerprint density at radius 3 is 3.04 bits per heavy atom. The van der Waals surface area contributed by atoms with Crippen molar-refractivity contribution in [3.63, 3.8) is 0 Å². The first-order valence-electron chi connectivity index (χ1n) is 8.42. The Balaban J connectivity index is 1.70. The van der Waals surface area contributed by atoms with Gasteiger partial charge in [0, 0.05) is 45.2 Å². The van der Waals surface area contributed by atoms with E-state index in [4.69, 9.17) is 9.47 Å². The van der Waals surface area contributed by atoms with E-state index in [1.54, 1.807) is 7.11 Å². The second-order valence-electron chi connectivity index (χ2n) is 6.56. The number of carbonyl (C=O) groups is 1. The second-order valence-corrected chi connectivity index (χ2v) is 6.56. The van der Waals surface area contributed by atoms with E-state index < -0.39 is 0 Å². The van der Waals surface area contributed by atoms with Gasteiger partial charge in [0.25, 0.3) is 0 Å². The molecule has 1 atom stereocenters. The van der Waals surface area contributed by atoms with Gasteiger partial charge in [0.15, 0.2) is 11.5 Å². The van der Waals surface area contributed by atoms with Gasteiger partial charge in [-0.3, -0.25) is 9.69 Å². The summed E-state index contributed by atoms with van der Waals surface area (Å²) < 4.78 is 11.3. The molecule has 1 saturated heterocycles. The molecule has 0 bridgehead atoms. The molecule has 2 heterocycles. The van der Waals surface area contributed by atoms with Gasteiger partial charge in [0.2, 0.25) is 5.91 Å². The SMILES string of the molecule is COc1cccc2c1OCCCN(CC1CCC(=O)N(C)C1)C2. The van der Waals surface area contributed by atoms with Crippen LogP contribution < -0.4 is 9.47 Å². The van der Waals surface area contributed by atoms with Crippen LogP contribution >= 0.6 is 0 Å². The van der Waals surface area contributed by atoms with Crippen molar-refractivity contribution < 1.29 is 14.3 Å². The van der Waals surface area contributed by atoms with Crippen molar-refractivity contribution in [2.24, 2.45) is 5.92 Å². The van der Waals surface area contributed by atoms with Crippen LogP contribution in [0.25, 0.3) is 0 Å². The monoisotopic (exact) mass is 318 g/mol. The molecule has 3 rings (SSSR count). The molecule has 126 valence electrons. The molecule has 1 aromatic carbocycles. The highest BCUT2D eigenvalue weighted by Gasteiger charge is 2.25. The van der Waals surface area contributed by atoms with Crippen molar-refractivity contribution in [1.29, 1.82) is 0 Å². The molecule has 0 radical (unpaired) electrons. The van der Waals surface area contributed by atoms with E-state index in [-0.39, 0.29) is 5.91 Å². The van der Waals surface area contributed by atoms with Crippen LogP contribution in [0, 0.1) is 5.92 Å². The topological polar surface area (TPSA) is 42.0 Å². The zero-order chi connectivity index (χ0) is 16.2. The van der Waals surface area contributed by atoms with Crippen LogP contribution in [0.4, 0.5) is 0 Å². The summed E-state index contributed by atoms with van der Waals surface area (Å²) in [6.07, 6.45) is 2.70. The van der Waals surface area contributed by atoms with Crippen molar-refractivity contribution in [2.45, 2.75) is 25.8 Å². The number of benzene rings is 1. The Labute approximate surface area is 138 Å². The van der Waals surface area contributed by atoms with Crippen molar-refractivity contribution in [3.8, 4) is 11.5 Å². The maximum atomic E-state index is 11.6. The van der Waals surface area contributed by atoms with E-state index >= 15 is 0 Å². The smallest absolute Gasteiger partial charge is 0.222 e. The third-order valence-electron chi connectivity index (χ3n) is 4.78. The number of methoxy groups -OCH3 is 1. The number of hydrogen-bond donors (Lipinski definition) is 0. The Morgan fingerprint density at radius 1 is 1.39 bits per heavy atom. The van der Waals surface area contributed by atoms with Gasteiger partial charge in [-0.15, -0.1) is 0 Å². The van der Waals surface area contributed by atoms with E-state index in [9.17, 15) is 4.79 Å². The summed E-state index contributed by atoms with van der Waals surface area (Å²) in [7, 11) is 3.60. The molecule has 1 fully saturated rings. The lowest BCUT2D eigenvalue weighted by Gasteiger charge is -2.34. The van der Waals surface area contributed by atoms with Gasteiger partial charge in [-0.05, 0) is 24.8 Å². The minimum atomic E-state index is 0.275. The molecule has 5 nitrogen and oxygen atoms in total. The highest BCUT2D eigenvalue weighted by molar-refractivity contribution is 5.76. The van der Waals surface area contributed by atoms with Gasteiger partial charge in [0.05, 0.1) is 13.7 Å². The van der Waals surface area contributed by atoms with Gasteiger partial charge in [-0.1, -0.05) is 12.1 Å². The Morgan fingerprint density at radius 2 is 2.26 bits per heavy atom. The summed E-state index contributed by atoms with van der Waals surface area (Å²) in [5.74, 6) is 2.53. The van der Waals surface area contributed by atoms with Crippen molar-refractivity contribution in [2.75, 3.05) is 40.4 Å². The lowest BCUT2D eigenvalue weighted by molar-refractivity contribution is -0.133. The first-order valence-corrected chi connectivity index (χ1v) is 8.42. The predicted molar refractivity (Wildman–Crippen MR) is 88.7 cm³/mol. The number of para-hydroxylation sites is 1. The number of rotatable bonds is 3. The maximum Gasteiger partial charge on any atom is 0.222 e. The van der Waals surface area contributed by atoms with Gasteiger partial charge in [0.1, 0.15) is 0 Å². The minimum absolute atomic E-state index is 0.275. The van der Waals surface area contributed by atoms with E-state index in [0.29, 0.717) is 18.9 Å². The van der Waals surface area contributed by atoms with Crippen LogP contribution in [0.5, 0.6) is 11.5 Å². The molecular weight excluding hydrogens is 292 g/mol. The molecule has 1 unspecified atom stereocenters. The zero-order valence-corrected chi connectivity index (χ0v) is 14.1. The Hall–Kier alpha value is -1.75. The van der Waals surface area contributed by atoms with Crippen LogP contribution in [-0.2, 0) is 11.3 Å². The molecule has 1 aromatic rings. The molecule has 0 spiro atoms. The average molecular weight is 318 g/mol. The van der Waals surface area contributed by atoms with E-state index in [0.717, 1.165) is 50.5 Å². The Kier molecular flexibility index (Phi) is 5.06. The summed E-state index contributed by atoms with van der Waals surface area (Å²) in [6, 6.07) is 6.09. The van der Waals surface area contributed by atoms with Crippen LogP contribution in [0.1, 0.15) is 24.8 Å². The molecule has 2 aliphatic rings. The number of fused-ring (bicyclic) bond motifs is 1. The fourth-order valence-corrected chi connectivity index (χ4v) is 3.56. The van der Waals surface area contributed by atoms with E-state index in [2.05, 4.69) is 11.0 Å². The van der Waals surface area contributed by atoms with E-state index in [1.165, 1.54) is 5.56 Å². The van der Waals surface area contributed by atoms with Crippen molar-refractivity contribution >= 4 is 5.91 Å². The highest BCUT2D eigenvalue weighted by Crippen LogP contribution is 2.33. The third kappa shape index (κ3) is 3.78. The normalized spacial score (nSPS) is 22.8. The fraction of sp³-hybridized carbons (Fsp3) is 0.611. The summed E-state index contributed by atoms with van der Waals surface area (Å²) in [4.78, 5) is 16.0. The second kappa shape index (κ2) is 7.21. The van der Waals surface area contributed by atoms with Gasteiger partial charge in [-0.25, -0.2) is 0 Å². The van der Waals surface area contributed by atoms with Crippen molar-refractivity contribution in [3.05, 3.63) is 23.8 Å². The van der Waals surface area contributed by atoms with Crippen molar-refractivity contribution in [1.82, 2.24) is 9.80 Å². The molecule has 0 aromatic heterocycles. The number of amides is 1. The van der Waals surface area contributed by atoms with Crippen LogP contribution in [0.15, 0.2) is 18.2 Å². The standard InChI is InChI=1S/C18H26N2O3/c1-19-11-14(7-8-17(19)21)12-20-9-4-10-23-18-15(13-20)5-3-6-16(18)22-2/h3,5-6,14H,4,7-13H2,1-2H3. The number of hydrogen-bond acceptors (Lipinski definition) is 4. The minimum Gasteiger partial charge on any atom is -0.493 e. The molecule has 5 heteroatoms. The summed E-state index contributed by atoms with van der Waals surface area (Å²) in [5.41, 5.74) is 1.18. The molecule has 0 aliphatic carbocycles. The largest absolute Gasteiger partial charge is 0.493 e. The average Bonchev–Trinajstić information content (AvgIpc) is 2.53. The molecule has 0 N–H and O–H groups in total.